The first kappa shape index (κ1) is 17.8. The van der Waals surface area contributed by atoms with E-state index >= 15 is 0 Å². The number of hydrogen-bond donors (Lipinski definition) is 2. The number of anilines is 2. The highest BCUT2D eigenvalue weighted by Gasteiger charge is 2.11. The molecule has 7 heteroatoms. The number of aromatic nitrogens is 2. The van der Waals surface area contributed by atoms with Crippen LogP contribution in [0.5, 0.6) is 0 Å². The van der Waals surface area contributed by atoms with Crippen molar-refractivity contribution >= 4 is 17.5 Å². The van der Waals surface area contributed by atoms with Crippen LogP contribution in [0.25, 0.3) is 0 Å². The van der Waals surface area contributed by atoms with Gasteiger partial charge < -0.3 is 10.6 Å². The zero-order chi connectivity index (χ0) is 17.5. The topological polar surface area (TPSA) is 66.9 Å². The van der Waals surface area contributed by atoms with E-state index < -0.39 is 11.6 Å². The Balaban J connectivity index is 2.10. The van der Waals surface area contributed by atoms with Crippen LogP contribution in [0.15, 0.2) is 24.3 Å². The van der Waals surface area contributed by atoms with Crippen molar-refractivity contribution in [3.05, 3.63) is 47.3 Å². The predicted octanol–water partition coefficient (Wildman–Crippen LogP) is 3.73. The summed E-state index contributed by atoms with van der Waals surface area (Å²) in [7, 11) is 0. The minimum atomic E-state index is -0.971. The van der Waals surface area contributed by atoms with E-state index in [2.05, 4.69) is 27.5 Å². The Kier molecular flexibility index (Phi) is 6.17. The highest BCUT2D eigenvalue weighted by molar-refractivity contribution is 5.92. The van der Waals surface area contributed by atoms with Crippen molar-refractivity contribution in [3.8, 4) is 0 Å². The largest absolute Gasteiger partial charge is 0.351 e. The molecule has 2 aromatic rings. The molecule has 2 N–H and O–H groups in total. The van der Waals surface area contributed by atoms with Crippen molar-refractivity contribution in [3.63, 3.8) is 0 Å². The van der Waals surface area contributed by atoms with Crippen molar-refractivity contribution in [2.75, 3.05) is 11.9 Å². The van der Waals surface area contributed by atoms with Crippen LogP contribution in [0.3, 0.4) is 0 Å². The molecule has 0 aliphatic heterocycles. The Morgan fingerprint density at radius 1 is 1.12 bits per heavy atom. The molecular formula is C17H20F2N4O. The fourth-order valence-electron chi connectivity index (χ4n) is 2.11. The van der Waals surface area contributed by atoms with Crippen molar-refractivity contribution in [1.29, 1.82) is 0 Å². The third kappa shape index (κ3) is 4.97. The number of amides is 1. The first-order chi connectivity index (χ1) is 11.5. The van der Waals surface area contributed by atoms with Gasteiger partial charge in [-0.1, -0.05) is 19.8 Å². The average molecular weight is 334 g/mol. The molecule has 0 radical (unpaired) electrons. The third-order valence-electron chi connectivity index (χ3n) is 3.33. The number of nitrogens with one attached hydrogen (secondary N) is 2. The van der Waals surface area contributed by atoms with Gasteiger partial charge in [0.05, 0.1) is 0 Å². The fraction of sp³-hybridized carbons (Fsp3) is 0.353. The van der Waals surface area contributed by atoms with Crippen LogP contribution in [-0.4, -0.2) is 22.4 Å². The molecule has 0 atom stereocenters. The molecule has 24 heavy (non-hydrogen) atoms. The van der Waals surface area contributed by atoms with E-state index in [1.807, 2.05) is 0 Å². The lowest BCUT2D eigenvalue weighted by Gasteiger charge is -2.09. The van der Waals surface area contributed by atoms with Crippen LogP contribution in [0.4, 0.5) is 20.4 Å². The van der Waals surface area contributed by atoms with E-state index in [0.29, 0.717) is 17.9 Å². The maximum absolute atomic E-state index is 13.3. The highest BCUT2D eigenvalue weighted by atomic mass is 19.2. The molecule has 2 rings (SSSR count). The van der Waals surface area contributed by atoms with Crippen molar-refractivity contribution in [2.24, 2.45) is 0 Å². The van der Waals surface area contributed by atoms with E-state index in [-0.39, 0.29) is 17.5 Å². The van der Waals surface area contributed by atoms with Crippen LogP contribution in [0, 0.1) is 18.6 Å². The van der Waals surface area contributed by atoms with Crippen LogP contribution in [-0.2, 0) is 0 Å². The number of unbranched alkanes of at least 4 members (excludes halogenated alkanes) is 2. The molecule has 0 saturated heterocycles. The summed E-state index contributed by atoms with van der Waals surface area (Å²) in [5.41, 5.74) is 1.12. The second-order valence-corrected chi connectivity index (χ2v) is 5.44. The number of carbonyl (C=O) groups excluding carboxylic acids is 1. The lowest BCUT2D eigenvalue weighted by atomic mass is 10.2. The molecule has 0 aliphatic rings. The molecule has 0 unspecified atom stereocenters. The van der Waals surface area contributed by atoms with E-state index in [4.69, 9.17) is 0 Å². The average Bonchev–Trinajstić information content (AvgIpc) is 2.54. The van der Waals surface area contributed by atoms with Crippen molar-refractivity contribution < 1.29 is 13.6 Å². The first-order valence-electron chi connectivity index (χ1n) is 7.85. The summed E-state index contributed by atoms with van der Waals surface area (Å²) >= 11 is 0. The second-order valence-electron chi connectivity index (χ2n) is 5.44. The molecule has 0 spiro atoms. The monoisotopic (exact) mass is 334 g/mol. The number of nitrogens with zero attached hydrogens (tertiary/aromatic N) is 2. The van der Waals surface area contributed by atoms with Crippen LogP contribution < -0.4 is 10.6 Å². The minimum absolute atomic E-state index is 0.153. The number of halogens is 2. The van der Waals surface area contributed by atoms with Gasteiger partial charge >= 0.3 is 0 Å². The van der Waals surface area contributed by atoms with E-state index in [1.54, 1.807) is 13.0 Å². The zero-order valence-electron chi connectivity index (χ0n) is 13.7. The summed E-state index contributed by atoms with van der Waals surface area (Å²) in [6.45, 7) is 4.40. The normalized spacial score (nSPS) is 10.5. The maximum atomic E-state index is 13.3. The molecule has 0 fully saturated rings. The second kappa shape index (κ2) is 8.33. The van der Waals surface area contributed by atoms with Crippen molar-refractivity contribution in [1.82, 2.24) is 15.3 Å². The Morgan fingerprint density at radius 2 is 1.92 bits per heavy atom. The Labute approximate surface area is 139 Å². The van der Waals surface area contributed by atoms with Gasteiger partial charge in [0.1, 0.15) is 5.69 Å². The van der Waals surface area contributed by atoms with Gasteiger partial charge in [-0.15, -0.1) is 0 Å². The standard InChI is InChI=1S/C17H20F2N4O/c1-3-4-5-8-20-16(24)15-9-11(2)21-17(23-15)22-12-6-7-13(18)14(19)10-12/h6-7,9-10H,3-5,8H2,1-2H3,(H,20,24)(H,21,22,23). The molecule has 128 valence electrons. The van der Waals surface area contributed by atoms with Crippen molar-refractivity contribution in [2.45, 2.75) is 33.1 Å². The van der Waals surface area contributed by atoms with E-state index in [0.717, 1.165) is 31.4 Å². The van der Waals surface area contributed by atoms with E-state index in [1.165, 1.54) is 6.07 Å². The van der Waals surface area contributed by atoms with Gasteiger partial charge in [-0.05, 0) is 31.5 Å². The summed E-state index contributed by atoms with van der Waals surface area (Å²) in [5, 5.41) is 5.58. The molecule has 1 aromatic heterocycles. The zero-order valence-corrected chi connectivity index (χ0v) is 13.7. The SMILES string of the molecule is CCCCCNC(=O)c1cc(C)nc(Nc2ccc(F)c(F)c2)n1. The fourth-order valence-corrected chi connectivity index (χ4v) is 2.11. The van der Waals surface area contributed by atoms with Crippen LogP contribution >= 0.6 is 0 Å². The molecule has 0 aliphatic carbocycles. The number of rotatable bonds is 7. The van der Waals surface area contributed by atoms with E-state index in [9.17, 15) is 13.6 Å². The Morgan fingerprint density at radius 3 is 2.62 bits per heavy atom. The Bertz CT molecular complexity index is 722. The first-order valence-corrected chi connectivity index (χ1v) is 7.85. The summed E-state index contributed by atoms with van der Waals surface area (Å²) in [4.78, 5) is 20.4. The van der Waals surface area contributed by atoms with Gasteiger partial charge in [-0.2, -0.15) is 0 Å². The van der Waals surface area contributed by atoms with Crippen LogP contribution in [0.1, 0.15) is 42.4 Å². The minimum Gasteiger partial charge on any atom is -0.351 e. The van der Waals surface area contributed by atoms with Gasteiger partial charge in [0.2, 0.25) is 5.95 Å². The molecule has 1 aromatic carbocycles. The van der Waals surface area contributed by atoms with Gasteiger partial charge in [-0.25, -0.2) is 18.7 Å². The molecule has 1 amide bonds. The van der Waals surface area contributed by atoms with Gasteiger partial charge in [0.15, 0.2) is 11.6 Å². The highest BCUT2D eigenvalue weighted by Crippen LogP contribution is 2.17. The molecule has 0 saturated carbocycles. The van der Waals surface area contributed by atoms with Gasteiger partial charge in [0, 0.05) is 24.0 Å². The number of carbonyl (C=O) groups is 1. The molecular weight excluding hydrogens is 314 g/mol. The summed E-state index contributed by atoms with van der Waals surface area (Å²) in [6, 6.07) is 4.96. The summed E-state index contributed by atoms with van der Waals surface area (Å²) < 4.78 is 26.2. The maximum Gasteiger partial charge on any atom is 0.270 e. The number of benzene rings is 1. The predicted molar refractivity (Wildman–Crippen MR) is 88.3 cm³/mol. The van der Waals surface area contributed by atoms with Gasteiger partial charge in [0.25, 0.3) is 5.91 Å². The molecule has 5 nitrogen and oxygen atoms in total. The van der Waals surface area contributed by atoms with Gasteiger partial charge in [-0.3, -0.25) is 4.79 Å². The smallest absolute Gasteiger partial charge is 0.270 e. The van der Waals surface area contributed by atoms with Crippen LogP contribution in [0.2, 0.25) is 0 Å². The number of hydrogen-bond acceptors (Lipinski definition) is 4. The lowest BCUT2D eigenvalue weighted by Crippen LogP contribution is -2.25. The number of aryl methyl sites for hydroxylation is 1. The lowest BCUT2D eigenvalue weighted by molar-refractivity contribution is 0.0948. The third-order valence-corrected chi connectivity index (χ3v) is 3.33. The summed E-state index contributed by atoms with van der Waals surface area (Å²) in [5.74, 6) is -2.04. The Hall–Kier alpha value is -2.57. The molecule has 0 bridgehead atoms. The molecule has 1 heterocycles. The quantitative estimate of drug-likeness (QED) is 0.757. The summed E-state index contributed by atoms with van der Waals surface area (Å²) in [6.07, 6.45) is 3.03.